The minimum absolute atomic E-state index is 0.0844. The van der Waals surface area contributed by atoms with E-state index in [1.165, 1.54) is 6.26 Å². The van der Waals surface area contributed by atoms with Gasteiger partial charge < -0.3 is 14.2 Å². The van der Waals surface area contributed by atoms with E-state index in [9.17, 15) is 9.59 Å². The SMILES string of the molecule is CC(C)N(Cc1ccccc1)C(=O)CN1CCN(C(=O)c2ccco2)CC1. The molecule has 1 fully saturated rings. The van der Waals surface area contributed by atoms with Crippen LogP contribution in [-0.2, 0) is 11.3 Å². The van der Waals surface area contributed by atoms with E-state index in [4.69, 9.17) is 4.42 Å². The van der Waals surface area contributed by atoms with E-state index in [0.29, 0.717) is 45.0 Å². The molecular weight excluding hydrogens is 342 g/mol. The zero-order chi connectivity index (χ0) is 19.2. The molecule has 1 aliphatic heterocycles. The zero-order valence-corrected chi connectivity index (χ0v) is 16.0. The molecule has 0 atom stereocenters. The van der Waals surface area contributed by atoms with Gasteiger partial charge in [-0.1, -0.05) is 30.3 Å². The lowest BCUT2D eigenvalue weighted by Crippen LogP contribution is -2.52. The summed E-state index contributed by atoms with van der Waals surface area (Å²) in [7, 11) is 0. The van der Waals surface area contributed by atoms with Gasteiger partial charge in [0, 0.05) is 38.8 Å². The molecule has 2 heterocycles. The molecule has 1 aliphatic rings. The van der Waals surface area contributed by atoms with Gasteiger partial charge >= 0.3 is 0 Å². The van der Waals surface area contributed by atoms with Crippen molar-refractivity contribution in [2.45, 2.75) is 26.4 Å². The van der Waals surface area contributed by atoms with Crippen molar-refractivity contribution in [2.75, 3.05) is 32.7 Å². The van der Waals surface area contributed by atoms with Gasteiger partial charge in [0.1, 0.15) is 0 Å². The highest BCUT2D eigenvalue weighted by molar-refractivity contribution is 5.91. The molecule has 1 aromatic heterocycles. The Bertz CT molecular complexity index is 735. The molecule has 27 heavy (non-hydrogen) atoms. The van der Waals surface area contributed by atoms with Crippen molar-refractivity contribution in [3.05, 3.63) is 60.1 Å². The maximum absolute atomic E-state index is 12.8. The monoisotopic (exact) mass is 369 g/mol. The van der Waals surface area contributed by atoms with E-state index in [1.54, 1.807) is 17.0 Å². The maximum Gasteiger partial charge on any atom is 0.289 e. The third-order valence-corrected chi connectivity index (χ3v) is 4.89. The van der Waals surface area contributed by atoms with E-state index in [1.807, 2.05) is 49.1 Å². The van der Waals surface area contributed by atoms with Crippen molar-refractivity contribution in [1.29, 1.82) is 0 Å². The topological polar surface area (TPSA) is 57.0 Å². The molecule has 6 nitrogen and oxygen atoms in total. The highest BCUT2D eigenvalue weighted by atomic mass is 16.3. The minimum Gasteiger partial charge on any atom is -0.459 e. The van der Waals surface area contributed by atoms with Crippen LogP contribution in [0.1, 0.15) is 30.0 Å². The number of hydrogen-bond donors (Lipinski definition) is 0. The lowest BCUT2D eigenvalue weighted by molar-refractivity contribution is -0.135. The average molecular weight is 369 g/mol. The van der Waals surface area contributed by atoms with Gasteiger partial charge in [-0.05, 0) is 31.5 Å². The van der Waals surface area contributed by atoms with E-state index < -0.39 is 0 Å². The maximum atomic E-state index is 12.8. The Morgan fingerprint density at radius 2 is 1.74 bits per heavy atom. The molecule has 6 heteroatoms. The Labute approximate surface area is 160 Å². The van der Waals surface area contributed by atoms with E-state index in [-0.39, 0.29) is 17.9 Å². The van der Waals surface area contributed by atoms with Crippen molar-refractivity contribution >= 4 is 11.8 Å². The largest absolute Gasteiger partial charge is 0.459 e. The predicted molar refractivity (Wildman–Crippen MR) is 103 cm³/mol. The Morgan fingerprint density at radius 1 is 1.04 bits per heavy atom. The molecule has 2 amide bonds. The van der Waals surface area contributed by atoms with Crippen LogP contribution in [0.15, 0.2) is 53.1 Å². The number of amides is 2. The summed E-state index contributed by atoms with van der Waals surface area (Å²) in [6.45, 7) is 7.68. The molecule has 3 rings (SSSR count). The van der Waals surface area contributed by atoms with Gasteiger partial charge in [-0.3, -0.25) is 14.5 Å². The van der Waals surface area contributed by atoms with Crippen molar-refractivity contribution in [2.24, 2.45) is 0 Å². The first-order chi connectivity index (χ1) is 13.0. The van der Waals surface area contributed by atoms with Crippen LogP contribution in [0.4, 0.5) is 0 Å². The van der Waals surface area contributed by atoms with Gasteiger partial charge in [0.25, 0.3) is 5.91 Å². The number of piperazine rings is 1. The second kappa shape index (κ2) is 8.86. The number of carbonyl (C=O) groups is 2. The molecule has 0 unspecified atom stereocenters. The third-order valence-electron chi connectivity index (χ3n) is 4.89. The number of rotatable bonds is 6. The van der Waals surface area contributed by atoms with Crippen molar-refractivity contribution in [3.8, 4) is 0 Å². The fourth-order valence-corrected chi connectivity index (χ4v) is 3.29. The smallest absolute Gasteiger partial charge is 0.289 e. The van der Waals surface area contributed by atoms with Crippen LogP contribution < -0.4 is 0 Å². The number of furan rings is 1. The highest BCUT2D eigenvalue weighted by Gasteiger charge is 2.26. The first-order valence-corrected chi connectivity index (χ1v) is 9.43. The van der Waals surface area contributed by atoms with Gasteiger partial charge in [-0.15, -0.1) is 0 Å². The molecule has 0 aliphatic carbocycles. The summed E-state index contributed by atoms with van der Waals surface area (Å²) >= 11 is 0. The molecular formula is C21H27N3O3. The molecule has 0 N–H and O–H groups in total. The first kappa shape index (κ1) is 19.2. The van der Waals surface area contributed by atoms with Crippen LogP contribution in [0.3, 0.4) is 0 Å². The lowest BCUT2D eigenvalue weighted by Gasteiger charge is -2.36. The fourth-order valence-electron chi connectivity index (χ4n) is 3.29. The quantitative estimate of drug-likeness (QED) is 0.785. The fraction of sp³-hybridized carbons (Fsp3) is 0.429. The molecule has 0 bridgehead atoms. The Hall–Kier alpha value is -2.60. The van der Waals surface area contributed by atoms with E-state index in [0.717, 1.165) is 5.56 Å². The number of carbonyl (C=O) groups excluding carboxylic acids is 2. The summed E-state index contributed by atoms with van der Waals surface area (Å²) < 4.78 is 5.19. The normalized spacial score (nSPS) is 15.1. The molecule has 1 saturated heterocycles. The van der Waals surface area contributed by atoms with Gasteiger partial charge in [-0.2, -0.15) is 0 Å². The first-order valence-electron chi connectivity index (χ1n) is 9.43. The summed E-state index contributed by atoms with van der Waals surface area (Å²) in [5.74, 6) is 0.409. The number of nitrogens with zero attached hydrogens (tertiary/aromatic N) is 3. The van der Waals surface area contributed by atoms with Crippen molar-refractivity contribution in [1.82, 2.24) is 14.7 Å². The molecule has 0 saturated carbocycles. The summed E-state index contributed by atoms with van der Waals surface area (Å²) in [6, 6.07) is 13.6. The van der Waals surface area contributed by atoms with Crippen LogP contribution in [0.5, 0.6) is 0 Å². The molecule has 0 spiro atoms. The Morgan fingerprint density at radius 3 is 2.33 bits per heavy atom. The van der Waals surface area contributed by atoms with Crippen LogP contribution in [0, 0.1) is 0 Å². The van der Waals surface area contributed by atoms with Gasteiger partial charge in [0.2, 0.25) is 5.91 Å². The van der Waals surface area contributed by atoms with Crippen molar-refractivity contribution < 1.29 is 14.0 Å². The van der Waals surface area contributed by atoms with E-state index >= 15 is 0 Å². The number of benzene rings is 1. The van der Waals surface area contributed by atoms with Crippen LogP contribution in [0.25, 0.3) is 0 Å². The molecule has 2 aromatic rings. The van der Waals surface area contributed by atoms with Crippen LogP contribution >= 0.6 is 0 Å². The van der Waals surface area contributed by atoms with Gasteiger partial charge in [0.05, 0.1) is 12.8 Å². The summed E-state index contributed by atoms with van der Waals surface area (Å²) in [4.78, 5) is 31.0. The second-order valence-electron chi connectivity index (χ2n) is 7.15. The van der Waals surface area contributed by atoms with Crippen molar-refractivity contribution in [3.63, 3.8) is 0 Å². The Kier molecular flexibility index (Phi) is 6.29. The zero-order valence-electron chi connectivity index (χ0n) is 16.0. The van der Waals surface area contributed by atoms with Gasteiger partial charge in [0.15, 0.2) is 5.76 Å². The minimum atomic E-state index is -0.0844. The second-order valence-corrected chi connectivity index (χ2v) is 7.15. The summed E-state index contributed by atoms with van der Waals surface area (Å²) in [6.07, 6.45) is 1.51. The van der Waals surface area contributed by atoms with Crippen LogP contribution in [0.2, 0.25) is 0 Å². The molecule has 1 aromatic carbocycles. The Balaban J connectivity index is 1.52. The lowest BCUT2D eigenvalue weighted by atomic mass is 10.2. The highest BCUT2D eigenvalue weighted by Crippen LogP contribution is 2.12. The standard InChI is InChI=1S/C21H27N3O3/c1-17(2)24(15-18-7-4-3-5-8-18)20(25)16-22-10-12-23(13-11-22)21(26)19-9-6-14-27-19/h3-9,14,17H,10-13,15-16H2,1-2H3. The summed E-state index contributed by atoms with van der Waals surface area (Å²) in [5, 5.41) is 0. The summed E-state index contributed by atoms with van der Waals surface area (Å²) in [5.41, 5.74) is 1.13. The van der Waals surface area contributed by atoms with E-state index in [2.05, 4.69) is 4.90 Å². The van der Waals surface area contributed by atoms with Crippen LogP contribution in [-0.4, -0.2) is 65.3 Å². The predicted octanol–water partition coefficient (Wildman–Crippen LogP) is 2.47. The third kappa shape index (κ3) is 4.98. The molecule has 144 valence electrons. The molecule has 0 radical (unpaired) electrons. The van der Waals surface area contributed by atoms with Gasteiger partial charge in [-0.25, -0.2) is 0 Å². The number of hydrogen-bond acceptors (Lipinski definition) is 4. The average Bonchev–Trinajstić information content (AvgIpc) is 3.21.